The van der Waals surface area contributed by atoms with Gasteiger partial charge in [-0.05, 0) is 36.6 Å². The van der Waals surface area contributed by atoms with Crippen LogP contribution in [0.3, 0.4) is 0 Å². The molecule has 2 fully saturated rings. The van der Waals surface area contributed by atoms with Crippen molar-refractivity contribution in [2.75, 3.05) is 48.5 Å². The lowest BCUT2D eigenvalue weighted by Crippen LogP contribution is -2.36. The van der Waals surface area contributed by atoms with E-state index in [0.717, 1.165) is 44.1 Å². The molecule has 0 aliphatic carbocycles. The number of benzene rings is 1. The molecule has 1 amide bonds. The lowest BCUT2D eigenvalue weighted by atomic mass is 10.1. The van der Waals surface area contributed by atoms with E-state index in [1.165, 1.54) is 5.69 Å². The van der Waals surface area contributed by atoms with Crippen molar-refractivity contribution in [2.45, 2.75) is 13.3 Å². The van der Waals surface area contributed by atoms with Gasteiger partial charge in [-0.2, -0.15) is 0 Å². The zero-order valence-corrected chi connectivity index (χ0v) is 13.1. The third-order valence-corrected chi connectivity index (χ3v) is 4.71. The SMILES string of the molecule is Cc1cc(N2CCOCC2)ccc1N1CC(CCl)CC1=O. The number of hydrogen-bond donors (Lipinski definition) is 0. The van der Waals surface area contributed by atoms with E-state index in [9.17, 15) is 4.79 Å². The Balaban J connectivity index is 1.79. The van der Waals surface area contributed by atoms with Crippen LogP contribution in [-0.4, -0.2) is 44.6 Å². The molecule has 0 N–H and O–H groups in total. The van der Waals surface area contributed by atoms with Crippen LogP contribution in [0.2, 0.25) is 0 Å². The average molecular weight is 309 g/mol. The number of hydrogen-bond acceptors (Lipinski definition) is 3. The summed E-state index contributed by atoms with van der Waals surface area (Å²) in [5.74, 6) is 1.01. The molecule has 2 aliphatic rings. The van der Waals surface area contributed by atoms with Crippen molar-refractivity contribution in [1.29, 1.82) is 0 Å². The Morgan fingerprint density at radius 3 is 2.71 bits per heavy atom. The third kappa shape index (κ3) is 3.01. The van der Waals surface area contributed by atoms with Crippen molar-refractivity contribution in [3.05, 3.63) is 23.8 Å². The maximum atomic E-state index is 12.1. The number of carbonyl (C=O) groups excluding carboxylic acids is 1. The smallest absolute Gasteiger partial charge is 0.227 e. The van der Waals surface area contributed by atoms with Crippen LogP contribution >= 0.6 is 11.6 Å². The summed E-state index contributed by atoms with van der Waals surface area (Å²) in [7, 11) is 0. The van der Waals surface area contributed by atoms with E-state index in [2.05, 4.69) is 30.0 Å². The summed E-state index contributed by atoms with van der Waals surface area (Å²) in [5, 5.41) is 0. The number of amides is 1. The van der Waals surface area contributed by atoms with Crippen molar-refractivity contribution in [2.24, 2.45) is 5.92 Å². The fourth-order valence-corrected chi connectivity index (χ4v) is 3.29. The minimum Gasteiger partial charge on any atom is -0.378 e. The van der Waals surface area contributed by atoms with Gasteiger partial charge in [0.25, 0.3) is 0 Å². The van der Waals surface area contributed by atoms with Crippen molar-refractivity contribution in [1.82, 2.24) is 0 Å². The second-order valence-electron chi connectivity index (χ2n) is 5.80. The monoisotopic (exact) mass is 308 g/mol. The molecule has 0 saturated carbocycles. The number of nitrogens with zero attached hydrogens (tertiary/aromatic N) is 2. The molecule has 21 heavy (non-hydrogen) atoms. The molecule has 1 aromatic carbocycles. The van der Waals surface area contributed by atoms with Gasteiger partial charge in [0, 0.05) is 43.3 Å². The Bertz CT molecular complexity index is 529. The summed E-state index contributed by atoms with van der Waals surface area (Å²) in [6, 6.07) is 6.34. The van der Waals surface area contributed by atoms with Gasteiger partial charge in [-0.1, -0.05) is 0 Å². The van der Waals surface area contributed by atoms with Gasteiger partial charge >= 0.3 is 0 Å². The standard InChI is InChI=1S/C16H21ClN2O2/c1-12-8-14(18-4-6-21-7-5-18)2-3-15(12)19-11-13(10-17)9-16(19)20/h2-3,8,13H,4-7,9-11H2,1H3. The van der Waals surface area contributed by atoms with Crippen molar-refractivity contribution >= 4 is 28.9 Å². The molecule has 1 unspecified atom stereocenters. The highest BCUT2D eigenvalue weighted by molar-refractivity contribution is 6.18. The number of alkyl halides is 1. The summed E-state index contributed by atoms with van der Waals surface area (Å²) >= 11 is 5.90. The van der Waals surface area contributed by atoms with Gasteiger partial charge in [0.15, 0.2) is 0 Å². The van der Waals surface area contributed by atoms with E-state index in [0.29, 0.717) is 12.3 Å². The lowest BCUT2D eigenvalue weighted by molar-refractivity contribution is -0.117. The number of aryl methyl sites for hydroxylation is 1. The van der Waals surface area contributed by atoms with Crippen LogP contribution in [0.4, 0.5) is 11.4 Å². The van der Waals surface area contributed by atoms with Gasteiger partial charge in [0.05, 0.1) is 13.2 Å². The van der Waals surface area contributed by atoms with E-state index in [1.54, 1.807) is 0 Å². The molecule has 3 rings (SSSR count). The molecule has 2 saturated heterocycles. The van der Waals surface area contributed by atoms with E-state index < -0.39 is 0 Å². The third-order valence-electron chi connectivity index (χ3n) is 4.27. The van der Waals surface area contributed by atoms with Gasteiger partial charge in [0.2, 0.25) is 5.91 Å². The topological polar surface area (TPSA) is 32.8 Å². The summed E-state index contributed by atoms with van der Waals surface area (Å²) in [6.45, 7) is 6.22. The molecule has 2 aliphatic heterocycles. The summed E-state index contributed by atoms with van der Waals surface area (Å²) in [6.07, 6.45) is 0.564. The number of anilines is 2. The Kier molecular flexibility index (Phi) is 4.36. The van der Waals surface area contributed by atoms with Crippen LogP contribution in [0, 0.1) is 12.8 Å². The number of ether oxygens (including phenoxy) is 1. The maximum absolute atomic E-state index is 12.1. The highest BCUT2D eigenvalue weighted by Gasteiger charge is 2.30. The normalized spacial score (nSPS) is 23.0. The number of morpholine rings is 1. The molecule has 0 radical (unpaired) electrons. The molecule has 0 aromatic heterocycles. The van der Waals surface area contributed by atoms with E-state index >= 15 is 0 Å². The van der Waals surface area contributed by atoms with Crippen LogP contribution in [0.25, 0.3) is 0 Å². The first-order valence-corrected chi connectivity index (χ1v) is 8.02. The summed E-state index contributed by atoms with van der Waals surface area (Å²) < 4.78 is 5.39. The fraction of sp³-hybridized carbons (Fsp3) is 0.562. The van der Waals surface area contributed by atoms with E-state index in [4.69, 9.17) is 16.3 Å². The molecule has 114 valence electrons. The zero-order chi connectivity index (χ0) is 14.8. The molecule has 1 aromatic rings. The predicted octanol–water partition coefficient (Wildman–Crippen LogP) is 2.42. The zero-order valence-electron chi connectivity index (χ0n) is 12.3. The highest BCUT2D eigenvalue weighted by atomic mass is 35.5. The Morgan fingerprint density at radius 2 is 2.10 bits per heavy atom. The average Bonchev–Trinajstić information content (AvgIpc) is 2.89. The van der Waals surface area contributed by atoms with Gasteiger partial charge in [0.1, 0.15) is 0 Å². The van der Waals surface area contributed by atoms with Crippen LogP contribution in [0.15, 0.2) is 18.2 Å². The van der Waals surface area contributed by atoms with Gasteiger partial charge in [-0.25, -0.2) is 0 Å². The molecule has 0 bridgehead atoms. The van der Waals surface area contributed by atoms with Crippen LogP contribution in [0.1, 0.15) is 12.0 Å². The Morgan fingerprint density at radius 1 is 1.33 bits per heavy atom. The molecular formula is C16H21ClN2O2. The van der Waals surface area contributed by atoms with Crippen LogP contribution in [-0.2, 0) is 9.53 Å². The number of halogens is 1. The first kappa shape index (κ1) is 14.7. The van der Waals surface area contributed by atoms with E-state index in [1.807, 2.05) is 4.90 Å². The molecule has 4 nitrogen and oxygen atoms in total. The molecule has 2 heterocycles. The first-order valence-electron chi connectivity index (χ1n) is 7.48. The largest absolute Gasteiger partial charge is 0.378 e. The van der Waals surface area contributed by atoms with Crippen LogP contribution in [0.5, 0.6) is 0 Å². The fourth-order valence-electron chi connectivity index (χ4n) is 3.08. The molecular weight excluding hydrogens is 288 g/mol. The minimum atomic E-state index is 0.183. The second kappa shape index (κ2) is 6.24. The molecule has 0 spiro atoms. The van der Waals surface area contributed by atoms with Crippen molar-refractivity contribution in [3.63, 3.8) is 0 Å². The molecule has 5 heteroatoms. The quantitative estimate of drug-likeness (QED) is 0.804. The minimum absolute atomic E-state index is 0.183. The van der Waals surface area contributed by atoms with Crippen LogP contribution < -0.4 is 9.80 Å². The first-order chi connectivity index (χ1) is 10.2. The Hall–Kier alpha value is -1.26. The summed E-state index contributed by atoms with van der Waals surface area (Å²) in [5.41, 5.74) is 3.37. The van der Waals surface area contributed by atoms with E-state index in [-0.39, 0.29) is 11.8 Å². The Labute approximate surface area is 130 Å². The molecule has 1 atom stereocenters. The summed E-state index contributed by atoms with van der Waals surface area (Å²) in [4.78, 5) is 16.3. The van der Waals surface area contributed by atoms with Crippen molar-refractivity contribution < 1.29 is 9.53 Å². The highest BCUT2D eigenvalue weighted by Crippen LogP contribution is 2.31. The van der Waals surface area contributed by atoms with Crippen molar-refractivity contribution in [3.8, 4) is 0 Å². The lowest BCUT2D eigenvalue weighted by Gasteiger charge is -2.30. The predicted molar refractivity (Wildman–Crippen MR) is 85.4 cm³/mol. The second-order valence-corrected chi connectivity index (χ2v) is 6.11. The van der Waals surface area contributed by atoms with Gasteiger partial charge in [-0.3, -0.25) is 4.79 Å². The number of rotatable bonds is 3. The van der Waals surface area contributed by atoms with Gasteiger partial charge in [-0.15, -0.1) is 11.6 Å². The maximum Gasteiger partial charge on any atom is 0.227 e. The number of carbonyl (C=O) groups is 1. The van der Waals surface area contributed by atoms with Gasteiger partial charge < -0.3 is 14.5 Å².